The highest BCUT2D eigenvalue weighted by Crippen LogP contribution is 2.52. The average Bonchev–Trinajstić information content (AvgIpc) is 3.52. The molecule has 7 rings (SSSR count). The van der Waals surface area contributed by atoms with E-state index in [9.17, 15) is 13.8 Å². The minimum Gasteiger partial charge on any atom is -0.491 e. The highest BCUT2D eigenvalue weighted by atomic mass is 35.5. The first-order valence-corrected chi connectivity index (χ1v) is 19.6. The summed E-state index contributed by atoms with van der Waals surface area (Å²) in [5.74, 6) is 0.500. The molecule has 3 heterocycles. The summed E-state index contributed by atoms with van der Waals surface area (Å²) < 4.78 is 36.0. The van der Waals surface area contributed by atoms with Crippen molar-refractivity contribution in [1.29, 1.82) is 0 Å². The van der Waals surface area contributed by atoms with Gasteiger partial charge in [0, 0.05) is 48.8 Å². The fourth-order valence-corrected chi connectivity index (χ4v) is 9.35. The van der Waals surface area contributed by atoms with Crippen molar-refractivity contribution in [1.82, 2.24) is 10.6 Å². The summed E-state index contributed by atoms with van der Waals surface area (Å²) in [4.78, 5) is 29.3. The Bertz CT molecular complexity index is 1710. The number of amides is 3. The van der Waals surface area contributed by atoms with E-state index in [1.165, 1.54) is 11.1 Å². The van der Waals surface area contributed by atoms with Crippen LogP contribution in [0.25, 0.3) is 0 Å². The first-order chi connectivity index (χ1) is 24.2. The van der Waals surface area contributed by atoms with Crippen LogP contribution in [0.2, 0.25) is 5.02 Å². The maximum atomic E-state index is 13.9. The second-order valence-corrected chi connectivity index (χ2v) is 16.4. The standard InChI is InChI=1S/C38H48ClN4O6S/c1-24-6-5-8-32(47-2)30-13-10-28(30)22-43-21-27-9-12-29(39)18-25(27)7-3-4-16-49-33-14-11-26(19-31(33)43)35(44)42-50(46)36(24)41-37(45)40-34-20-38(34)15-17-48-23-38/h5,8-9,11-12,14,18-19,24,28,30,32,34,36H,3-4,6-7,10,13,15-17,20-23H2,1-2H3,(H2,40,41,45)/q-1/b8-5+/t24-,28-,30+,32-,34+,36?,38?/m0/s1. The van der Waals surface area contributed by atoms with Gasteiger partial charge < -0.3 is 38.3 Å². The molecule has 2 aromatic rings. The normalized spacial score (nSPS) is 32.3. The molecule has 7 atom stereocenters. The molecule has 2 bridgehead atoms. The fraction of sp³-hybridized carbons (Fsp3) is 0.579. The Morgan fingerprint density at radius 2 is 2.00 bits per heavy atom. The molecule has 2 unspecified atom stereocenters. The van der Waals surface area contributed by atoms with Crippen LogP contribution in [-0.2, 0) is 37.2 Å². The molecule has 3 amide bonds. The molecule has 2 N–H and O–H groups in total. The number of benzene rings is 2. The van der Waals surface area contributed by atoms with Crippen molar-refractivity contribution >= 4 is 39.8 Å². The third-order valence-electron chi connectivity index (χ3n) is 11.4. The van der Waals surface area contributed by atoms with E-state index in [1.807, 2.05) is 25.1 Å². The molecule has 3 fully saturated rings. The van der Waals surface area contributed by atoms with Crippen LogP contribution in [-0.4, -0.2) is 62.9 Å². The van der Waals surface area contributed by atoms with Gasteiger partial charge in [-0.15, -0.1) is 0 Å². The summed E-state index contributed by atoms with van der Waals surface area (Å²) in [5, 5.41) is 5.81. The van der Waals surface area contributed by atoms with Gasteiger partial charge in [-0.2, -0.15) is 10.6 Å². The summed E-state index contributed by atoms with van der Waals surface area (Å²) in [6, 6.07) is 11.1. The molecule has 2 aliphatic carbocycles. The number of carbonyl (C=O) groups excluding carboxylic acids is 2. The number of hydrogen-bond donors (Lipinski definition) is 2. The number of carbonyl (C=O) groups is 2. The van der Waals surface area contributed by atoms with Crippen molar-refractivity contribution in [3.63, 3.8) is 0 Å². The molecule has 1 saturated heterocycles. The van der Waals surface area contributed by atoms with Gasteiger partial charge in [-0.1, -0.05) is 36.7 Å². The Kier molecular flexibility index (Phi) is 10.8. The van der Waals surface area contributed by atoms with Crippen molar-refractivity contribution in [2.75, 3.05) is 38.4 Å². The Hall–Kier alpha value is -3.12. The molecule has 0 radical (unpaired) electrons. The van der Waals surface area contributed by atoms with Crippen LogP contribution in [0.3, 0.4) is 0 Å². The zero-order valence-corrected chi connectivity index (χ0v) is 30.5. The number of aryl methyl sites for hydroxylation is 1. The maximum absolute atomic E-state index is 13.9. The number of nitrogens with zero attached hydrogens (tertiary/aromatic N) is 2. The molecule has 10 nitrogen and oxygen atoms in total. The van der Waals surface area contributed by atoms with Gasteiger partial charge in [0.05, 0.1) is 25.0 Å². The Morgan fingerprint density at radius 3 is 2.78 bits per heavy atom. The van der Waals surface area contributed by atoms with Crippen molar-refractivity contribution in [2.45, 2.75) is 82.4 Å². The number of hydrogen-bond acceptors (Lipinski definition) is 8. The van der Waals surface area contributed by atoms with Gasteiger partial charge in [-0.05, 0) is 116 Å². The number of methoxy groups -OCH3 is 1. The molecule has 2 aromatic carbocycles. The molecule has 5 aliphatic rings. The lowest BCUT2D eigenvalue weighted by Crippen LogP contribution is -2.47. The summed E-state index contributed by atoms with van der Waals surface area (Å²) in [6.07, 6.45) is 11.3. The second kappa shape index (κ2) is 15.2. The molecule has 0 aromatic heterocycles. The van der Waals surface area contributed by atoms with Crippen LogP contribution < -0.4 is 20.3 Å². The fourth-order valence-electron chi connectivity index (χ4n) is 8.06. The second-order valence-electron chi connectivity index (χ2n) is 14.8. The first-order valence-electron chi connectivity index (χ1n) is 18.0. The first kappa shape index (κ1) is 35.3. The number of allylic oxidation sites excluding steroid dienone is 1. The number of halogens is 1. The van der Waals surface area contributed by atoms with E-state index in [2.05, 4.69) is 44.2 Å². The monoisotopic (exact) mass is 723 g/mol. The summed E-state index contributed by atoms with van der Waals surface area (Å²) in [5.41, 5.74) is 3.55. The van der Waals surface area contributed by atoms with E-state index >= 15 is 0 Å². The molecular formula is C38H48ClN4O6S-. The predicted octanol–water partition coefficient (Wildman–Crippen LogP) is 6.79. The highest BCUT2D eigenvalue weighted by molar-refractivity contribution is 7.75. The van der Waals surface area contributed by atoms with Crippen LogP contribution in [0.5, 0.6) is 5.75 Å². The van der Waals surface area contributed by atoms with Gasteiger partial charge in [-0.25, -0.2) is 4.79 Å². The Labute approximate surface area is 301 Å². The molecule has 2 saturated carbocycles. The summed E-state index contributed by atoms with van der Waals surface area (Å²) in [7, 11) is -0.296. The largest absolute Gasteiger partial charge is 0.491 e. The van der Waals surface area contributed by atoms with Gasteiger partial charge >= 0.3 is 6.03 Å². The van der Waals surface area contributed by atoms with Crippen LogP contribution in [0, 0.1) is 23.2 Å². The molecule has 1 spiro atoms. The maximum Gasteiger partial charge on any atom is 0.313 e. The smallest absolute Gasteiger partial charge is 0.313 e. The molecule has 12 heteroatoms. The van der Waals surface area contributed by atoms with Gasteiger partial charge in [0.25, 0.3) is 5.91 Å². The number of nitrogens with one attached hydrogen (secondary N) is 2. The van der Waals surface area contributed by atoms with Crippen LogP contribution in [0.4, 0.5) is 10.5 Å². The number of fused-ring (bicyclic) bond motifs is 3. The van der Waals surface area contributed by atoms with Crippen LogP contribution in [0.1, 0.15) is 73.4 Å². The predicted molar refractivity (Wildman–Crippen MR) is 194 cm³/mol. The Balaban J connectivity index is 1.23. The van der Waals surface area contributed by atoms with Crippen molar-refractivity contribution in [3.8, 4) is 5.75 Å². The average molecular weight is 724 g/mol. The number of urea groups is 1. The summed E-state index contributed by atoms with van der Waals surface area (Å²) in [6.45, 7) is 5.19. The van der Waals surface area contributed by atoms with E-state index in [4.69, 9.17) is 25.8 Å². The quantitative estimate of drug-likeness (QED) is 0.265. The lowest BCUT2D eigenvalue weighted by molar-refractivity contribution is 0.0133. The lowest BCUT2D eigenvalue weighted by Gasteiger charge is -2.43. The van der Waals surface area contributed by atoms with Crippen LogP contribution >= 0.6 is 11.6 Å². The minimum atomic E-state index is -2.05. The molecular weight excluding hydrogens is 676 g/mol. The molecule has 3 aliphatic heterocycles. The van der Waals surface area contributed by atoms with Crippen molar-refractivity contribution < 1.29 is 28.0 Å². The number of ether oxygens (including phenoxy) is 3. The van der Waals surface area contributed by atoms with Crippen molar-refractivity contribution in [3.05, 3.63) is 70.3 Å². The van der Waals surface area contributed by atoms with Crippen molar-refractivity contribution in [2.24, 2.45) is 27.5 Å². The van der Waals surface area contributed by atoms with Gasteiger partial charge in [0.1, 0.15) is 5.75 Å². The van der Waals surface area contributed by atoms with E-state index in [1.54, 1.807) is 13.2 Å². The van der Waals surface area contributed by atoms with E-state index in [-0.39, 0.29) is 23.5 Å². The van der Waals surface area contributed by atoms with E-state index < -0.39 is 27.9 Å². The number of rotatable bonds is 3. The van der Waals surface area contributed by atoms with Gasteiger partial charge in [0.2, 0.25) is 0 Å². The highest BCUT2D eigenvalue weighted by Gasteiger charge is 2.57. The third-order valence-corrected chi connectivity index (χ3v) is 13.0. The Morgan fingerprint density at radius 1 is 1.12 bits per heavy atom. The van der Waals surface area contributed by atoms with E-state index in [0.717, 1.165) is 62.2 Å². The zero-order valence-electron chi connectivity index (χ0n) is 28.9. The topological polar surface area (TPSA) is 119 Å². The van der Waals surface area contributed by atoms with Gasteiger partial charge in [-0.3, -0.25) is 4.79 Å². The minimum absolute atomic E-state index is 0.00849. The SMILES string of the molecule is CO[C@H]1/C=C/C[C@H](C)C(NC(=O)N[C@@H]2CC23CCOC3)[S-](=O)=NC(=O)c2ccc3c(c2)N(Cc2ccc(Cl)cc2CCCCO3)C[C@@H]2CC[C@H]21. The summed E-state index contributed by atoms with van der Waals surface area (Å²) >= 11 is 6.46. The molecule has 50 heavy (non-hydrogen) atoms. The third kappa shape index (κ3) is 7.71. The van der Waals surface area contributed by atoms with Gasteiger partial charge in [0.15, 0.2) is 0 Å². The lowest BCUT2D eigenvalue weighted by atomic mass is 9.70. The zero-order chi connectivity index (χ0) is 34.8. The van der Waals surface area contributed by atoms with E-state index in [0.29, 0.717) is 55.9 Å². The molecule has 270 valence electrons. The number of anilines is 1. The van der Waals surface area contributed by atoms with Crippen LogP contribution in [0.15, 0.2) is 52.9 Å².